The molecule has 0 amide bonds. The van der Waals surface area contributed by atoms with Crippen LogP contribution in [0.2, 0.25) is 0 Å². The van der Waals surface area contributed by atoms with E-state index in [4.69, 9.17) is 24.5 Å². The minimum atomic E-state index is -3.28. The van der Waals surface area contributed by atoms with Gasteiger partial charge in [-0.25, -0.2) is 0 Å². The standard InChI is InChI=1S/C41H40I4O16/c1-25(46)54-42(55-26(2)47)37-17-9-33(10-18-37)41(34-11-19-38(20-12-34)43(56-27(3)48)57-28(4)49,35-13-21-39(22-14-35)44(58-29(5)50)59-30(6)51)36-15-23-40(24-16-36)45(60-31(7)52)61-32(8)53/h9-24H,1-8H3. The van der Waals surface area contributed by atoms with Gasteiger partial charge >= 0.3 is 388 Å². The summed E-state index contributed by atoms with van der Waals surface area (Å²) in [6.45, 7) is 9.73. The van der Waals surface area contributed by atoms with Crippen LogP contribution in [0.1, 0.15) is 77.6 Å². The van der Waals surface area contributed by atoms with Gasteiger partial charge in [0.1, 0.15) is 0 Å². The van der Waals surface area contributed by atoms with Gasteiger partial charge in [-0.3, -0.25) is 0 Å². The number of hydrogen-bond acceptors (Lipinski definition) is 16. The molecule has 0 aromatic heterocycles. The van der Waals surface area contributed by atoms with E-state index in [-0.39, 0.29) is 0 Å². The van der Waals surface area contributed by atoms with Crippen molar-refractivity contribution < 1.29 is 62.9 Å². The Morgan fingerprint density at radius 2 is 0.410 bits per heavy atom. The molecule has 61 heavy (non-hydrogen) atoms. The van der Waals surface area contributed by atoms with Crippen LogP contribution in [0, 0.1) is 14.3 Å². The Balaban J connectivity index is 2.09. The first kappa shape index (κ1) is 49.2. The molecule has 4 aromatic carbocycles. The number of hydrogen-bond donors (Lipinski definition) is 0. The summed E-state index contributed by atoms with van der Waals surface area (Å²) < 4.78 is 45.7. The van der Waals surface area contributed by atoms with E-state index in [9.17, 15) is 38.4 Å². The van der Waals surface area contributed by atoms with E-state index in [1.165, 1.54) is 55.4 Å². The molecule has 4 rings (SSSR count). The number of carbonyl (C=O) groups is 8. The van der Waals surface area contributed by atoms with Gasteiger partial charge in [0.05, 0.1) is 0 Å². The normalized spacial score (nSPS) is 11.7. The maximum atomic E-state index is 12.0. The second-order valence-corrected chi connectivity index (χ2v) is 25.7. The summed E-state index contributed by atoms with van der Waals surface area (Å²) >= 11 is -13.1. The van der Waals surface area contributed by atoms with Crippen molar-refractivity contribution in [1.82, 2.24) is 0 Å². The van der Waals surface area contributed by atoms with Gasteiger partial charge in [-0.15, -0.1) is 0 Å². The van der Waals surface area contributed by atoms with Crippen LogP contribution in [-0.2, 0) is 68.3 Å². The van der Waals surface area contributed by atoms with Gasteiger partial charge in [0.2, 0.25) is 0 Å². The van der Waals surface area contributed by atoms with Gasteiger partial charge in [-0.05, 0) is 0 Å². The molecule has 20 heteroatoms. The maximum absolute atomic E-state index is 12.0. The van der Waals surface area contributed by atoms with Gasteiger partial charge in [-0.2, -0.15) is 0 Å². The van der Waals surface area contributed by atoms with Crippen molar-refractivity contribution in [3.05, 3.63) is 134 Å². The average Bonchev–Trinajstić information content (AvgIpc) is 3.17. The number of benzene rings is 4. The monoisotopic (exact) mass is 1300 g/mol. The number of rotatable bonds is 16. The molecule has 4 aromatic rings. The summed E-state index contributed by atoms with van der Waals surface area (Å²) in [5.74, 6) is -4.97. The molecule has 0 radical (unpaired) electrons. The molecule has 16 nitrogen and oxygen atoms in total. The van der Waals surface area contributed by atoms with E-state index in [0.29, 0.717) is 36.5 Å². The van der Waals surface area contributed by atoms with E-state index in [1.807, 2.05) is 0 Å². The van der Waals surface area contributed by atoms with E-state index < -0.39 is 136 Å². The Morgan fingerprint density at radius 1 is 0.279 bits per heavy atom. The molecule has 0 atom stereocenters. The molecule has 0 unspecified atom stereocenters. The van der Waals surface area contributed by atoms with Crippen molar-refractivity contribution in [2.45, 2.75) is 60.8 Å². The second-order valence-electron chi connectivity index (χ2n) is 12.2. The first-order valence-corrected chi connectivity index (χ1v) is 28.9. The third-order valence-corrected chi connectivity index (χ3v) is 22.4. The van der Waals surface area contributed by atoms with Crippen LogP contribution < -0.4 is 0 Å². The third-order valence-electron chi connectivity index (χ3n) is 7.25. The molecule has 0 fully saturated rings. The van der Waals surface area contributed by atoms with Crippen molar-refractivity contribution in [2.24, 2.45) is 0 Å². The average molecular weight is 1300 g/mol. The van der Waals surface area contributed by atoms with Crippen LogP contribution >= 0.6 is 82.6 Å². The molecule has 0 saturated heterocycles. The quantitative estimate of drug-likeness (QED) is 0.0759. The molecular weight excluding hydrogens is 1260 g/mol. The van der Waals surface area contributed by atoms with E-state index in [1.54, 1.807) is 97.1 Å². The fourth-order valence-corrected chi connectivity index (χ4v) is 16.1. The van der Waals surface area contributed by atoms with Crippen molar-refractivity contribution in [2.75, 3.05) is 0 Å². The predicted molar refractivity (Wildman–Crippen MR) is 250 cm³/mol. The Labute approximate surface area is 383 Å². The molecule has 0 aliphatic carbocycles. The van der Waals surface area contributed by atoms with Crippen LogP contribution in [0.4, 0.5) is 0 Å². The molecule has 0 N–H and O–H groups in total. The van der Waals surface area contributed by atoms with Gasteiger partial charge < -0.3 is 0 Å². The minimum absolute atomic E-state index is 0.486. The summed E-state index contributed by atoms with van der Waals surface area (Å²) in [6, 6.07) is 27.8. The fourth-order valence-electron chi connectivity index (χ4n) is 5.42. The van der Waals surface area contributed by atoms with Crippen LogP contribution in [0.5, 0.6) is 0 Å². The van der Waals surface area contributed by atoms with E-state index >= 15 is 0 Å². The van der Waals surface area contributed by atoms with Crippen LogP contribution in [0.25, 0.3) is 0 Å². The SMILES string of the molecule is CC(=O)OI(OC(C)=O)c1ccc(C(c2ccc(I(OC(C)=O)OC(C)=O)cc2)(c2ccc(I(OC(C)=O)OC(C)=O)cc2)c2ccc(I(OC(C)=O)OC(C)=O)cc2)cc1. The van der Waals surface area contributed by atoms with Crippen molar-refractivity contribution in [1.29, 1.82) is 0 Å². The molecular formula is C41H40I4O16. The number of halogens is 4. The zero-order valence-electron chi connectivity index (χ0n) is 33.8. The first-order chi connectivity index (χ1) is 28.8. The second kappa shape index (κ2) is 22.6. The molecule has 328 valence electrons. The van der Waals surface area contributed by atoms with Gasteiger partial charge in [0.25, 0.3) is 0 Å². The van der Waals surface area contributed by atoms with Gasteiger partial charge in [0, 0.05) is 0 Å². The first-order valence-electron chi connectivity index (χ1n) is 17.5. The summed E-state index contributed by atoms with van der Waals surface area (Å²) in [7, 11) is 0. The summed E-state index contributed by atoms with van der Waals surface area (Å²) in [5, 5.41) is 0. The Kier molecular flexibility index (Phi) is 18.2. The molecule has 0 saturated carbocycles. The van der Waals surface area contributed by atoms with E-state index in [0.717, 1.165) is 0 Å². The zero-order chi connectivity index (χ0) is 45.0. The Bertz CT molecular complexity index is 1880. The zero-order valence-corrected chi connectivity index (χ0v) is 42.4. The molecule has 0 aliphatic heterocycles. The molecule has 0 aliphatic rings. The summed E-state index contributed by atoms with van der Waals surface area (Å²) in [6.07, 6.45) is 0. The number of carbonyl (C=O) groups excluding carboxylic acids is 8. The van der Waals surface area contributed by atoms with Crippen molar-refractivity contribution in [3.63, 3.8) is 0 Å². The molecule has 0 bridgehead atoms. The summed E-state index contributed by atoms with van der Waals surface area (Å²) in [5.41, 5.74) is 1.25. The van der Waals surface area contributed by atoms with Crippen molar-refractivity contribution >= 4 is 130 Å². The third kappa shape index (κ3) is 13.8. The Morgan fingerprint density at radius 3 is 0.525 bits per heavy atom. The predicted octanol–water partition coefficient (Wildman–Crippen LogP) is 8.60. The summed E-state index contributed by atoms with van der Waals surface area (Å²) in [4.78, 5) is 96.3. The fraction of sp³-hybridized carbons (Fsp3) is 0.220. The van der Waals surface area contributed by atoms with Gasteiger partial charge in [-0.1, -0.05) is 0 Å². The van der Waals surface area contributed by atoms with Gasteiger partial charge in [0.15, 0.2) is 0 Å². The molecule has 0 heterocycles. The molecule has 0 spiro atoms. The van der Waals surface area contributed by atoms with Crippen molar-refractivity contribution in [3.8, 4) is 0 Å². The van der Waals surface area contributed by atoms with Crippen LogP contribution in [-0.4, -0.2) is 47.8 Å². The van der Waals surface area contributed by atoms with E-state index in [2.05, 4.69) is 0 Å². The Hall–Kier alpha value is -4.44. The van der Waals surface area contributed by atoms with Crippen LogP contribution in [0.3, 0.4) is 0 Å². The topological polar surface area (TPSA) is 210 Å². The van der Waals surface area contributed by atoms with Crippen LogP contribution in [0.15, 0.2) is 97.1 Å².